The second kappa shape index (κ2) is 7.55. The van der Waals surface area contributed by atoms with Gasteiger partial charge in [-0.05, 0) is 25.5 Å². The molecule has 1 aromatic rings. The minimum absolute atomic E-state index is 0.0218. The molecule has 5 nitrogen and oxygen atoms in total. The highest BCUT2D eigenvalue weighted by Crippen LogP contribution is 2.25. The van der Waals surface area contributed by atoms with Crippen LogP contribution in [0.4, 0.5) is 0 Å². The van der Waals surface area contributed by atoms with Crippen LogP contribution in [0.25, 0.3) is 0 Å². The largest absolute Gasteiger partial charge is 0.493 e. The van der Waals surface area contributed by atoms with Gasteiger partial charge in [0.1, 0.15) is 17.1 Å². The lowest BCUT2D eigenvalue weighted by Gasteiger charge is -2.11. The van der Waals surface area contributed by atoms with Crippen LogP contribution in [0.5, 0.6) is 11.5 Å². The van der Waals surface area contributed by atoms with Crippen molar-refractivity contribution in [1.29, 1.82) is 0 Å². The molecule has 0 aliphatic rings. The van der Waals surface area contributed by atoms with E-state index in [0.29, 0.717) is 19.0 Å². The van der Waals surface area contributed by atoms with Gasteiger partial charge in [0.15, 0.2) is 6.79 Å². The van der Waals surface area contributed by atoms with Gasteiger partial charge in [0.2, 0.25) is 0 Å². The maximum Gasteiger partial charge on any atom is 0.339 e. The summed E-state index contributed by atoms with van der Waals surface area (Å²) in [5.74, 6) is -0.193. The normalized spacial score (nSPS) is 10.1. The Morgan fingerprint density at radius 2 is 2.06 bits per heavy atom. The summed E-state index contributed by atoms with van der Waals surface area (Å²) in [7, 11) is 0. The first-order valence-electron chi connectivity index (χ1n) is 5.89. The molecule has 0 atom stereocenters. The van der Waals surface area contributed by atoms with Crippen LogP contribution in [0, 0.1) is 0 Å². The van der Waals surface area contributed by atoms with E-state index in [1.165, 1.54) is 6.07 Å². The topological polar surface area (TPSA) is 65.0 Å². The minimum atomic E-state index is -1.04. The molecule has 0 radical (unpaired) electrons. The van der Waals surface area contributed by atoms with Gasteiger partial charge in [-0.3, -0.25) is 0 Å². The van der Waals surface area contributed by atoms with E-state index in [9.17, 15) is 4.79 Å². The average Bonchev–Trinajstić information content (AvgIpc) is 2.36. The van der Waals surface area contributed by atoms with Gasteiger partial charge in [0.05, 0.1) is 6.61 Å². The van der Waals surface area contributed by atoms with Crippen molar-refractivity contribution < 1.29 is 24.1 Å². The maximum atomic E-state index is 11.0. The van der Waals surface area contributed by atoms with Crippen molar-refractivity contribution in [3.8, 4) is 11.5 Å². The summed E-state index contributed by atoms with van der Waals surface area (Å²) in [6.07, 6.45) is 0.885. The van der Waals surface area contributed by atoms with Crippen molar-refractivity contribution in [2.75, 3.05) is 20.0 Å². The molecule has 100 valence electrons. The molecule has 18 heavy (non-hydrogen) atoms. The van der Waals surface area contributed by atoms with E-state index in [0.717, 1.165) is 6.42 Å². The standard InChI is InChI=1S/C13H18O5/c1-3-7-17-10-5-6-11(13(14)15)12(8-10)18-9-16-4-2/h5-6,8H,3-4,7,9H2,1-2H3,(H,14,15). The Hall–Kier alpha value is -1.75. The zero-order chi connectivity index (χ0) is 13.4. The van der Waals surface area contributed by atoms with Crippen LogP contribution in [-0.2, 0) is 4.74 Å². The van der Waals surface area contributed by atoms with Crippen molar-refractivity contribution >= 4 is 5.97 Å². The summed E-state index contributed by atoms with van der Waals surface area (Å²) in [6.45, 7) is 4.94. The first-order valence-corrected chi connectivity index (χ1v) is 5.89. The zero-order valence-electron chi connectivity index (χ0n) is 10.6. The highest BCUT2D eigenvalue weighted by molar-refractivity contribution is 5.91. The van der Waals surface area contributed by atoms with Gasteiger partial charge in [-0.1, -0.05) is 6.92 Å². The van der Waals surface area contributed by atoms with Crippen LogP contribution in [0.1, 0.15) is 30.6 Å². The van der Waals surface area contributed by atoms with Crippen LogP contribution in [0.15, 0.2) is 18.2 Å². The van der Waals surface area contributed by atoms with E-state index in [4.69, 9.17) is 19.3 Å². The number of hydrogen-bond acceptors (Lipinski definition) is 4. The molecule has 0 fully saturated rings. The third-order valence-electron chi connectivity index (χ3n) is 2.16. The molecule has 0 saturated heterocycles. The number of aromatic carboxylic acids is 1. The number of ether oxygens (including phenoxy) is 3. The van der Waals surface area contributed by atoms with E-state index in [1.54, 1.807) is 12.1 Å². The average molecular weight is 254 g/mol. The monoisotopic (exact) mass is 254 g/mol. The van der Waals surface area contributed by atoms with Crippen LogP contribution in [-0.4, -0.2) is 31.1 Å². The fourth-order valence-electron chi connectivity index (χ4n) is 1.30. The molecule has 5 heteroatoms. The summed E-state index contributed by atoms with van der Waals surface area (Å²) < 4.78 is 15.7. The Labute approximate surface area is 106 Å². The van der Waals surface area contributed by atoms with Gasteiger partial charge in [-0.2, -0.15) is 0 Å². The molecular formula is C13H18O5. The number of rotatable bonds is 8. The summed E-state index contributed by atoms with van der Waals surface area (Å²) in [6, 6.07) is 4.65. The summed E-state index contributed by atoms with van der Waals surface area (Å²) >= 11 is 0. The molecule has 1 rings (SSSR count). The van der Waals surface area contributed by atoms with Gasteiger partial charge in [-0.15, -0.1) is 0 Å². The van der Waals surface area contributed by atoms with Gasteiger partial charge in [0, 0.05) is 12.7 Å². The van der Waals surface area contributed by atoms with E-state index in [2.05, 4.69) is 0 Å². The molecule has 0 amide bonds. The smallest absolute Gasteiger partial charge is 0.339 e. The molecule has 0 aromatic heterocycles. The molecule has 0 aliphatic heterocycles. The predicted octanol–water partition coefficient (Wildman–Crippen LogP) is 2.55. The predicted molar refractivity (Wildman–Crippen MR) is 66.3 cm³/mol. The Bertz CT molecular complexity index is 389. The Morgan fingerprint density at radius 3 is 2.67 bits per heavy atom. The highest BCUT2D eigenvalue weighted by atomic mass is 16.7. The third kappa shape index (κ3) is 4.25. The molecule has 0 bridgehead atoms. The number of carboxylic acids is 1. The fourth-order valence-corrected chi connectivity index (χ4v) is 1.30. The molecular weight excluding hydrogens is 236 g/mol. The van der Waals surface area contributed by atoms with Crippen LogP contribution >= 0.6 is 0 Å². The number of hydrogen-bond donors (Lipinski definition) is 1. The van der Waals surface area contributed by atoms with Gasteiger partial charge in [0.25, 0.3) is 0 Å². The molecule has 0 unspecified atom stereocenters. The second-order valence-corrected chi connectivity index (χ2v) is 3.57. The van der Waals surface area contributed by atoms with Crippen molar-refractivity contribution in [2.45, 2.75) is 20.3 Å². The van der Waals surface area contributed by atoms with Crippen molar-refractivity contribution in [3.05, 3.63) is 23.8 Å². The number of carbonyl (C=O) groups is 1. The van der Waals surface area contributed by atoms with Crippen LogP contribution < -0.4 is 9.47 Å². The third-order valence-corrected chi connectivity index (χ3v) is 2.16. The first-order chi connectivity index (χ1) is 8.69. The molecule has 0 aliphatic carbocycles. The lowest BCUT2D eigenvalue weighted by molar-refractivity contribution is 0.0212. The molecule has 0 saturated carbocycles. The second-order valence-electron chi connectivity index (χ2n) is 3.57. The zero-order valence-corrected chi connectivity index (χ0v) is 10.6. The fraction of sp³-hybridized carbons (Fsp3) is 0.462. The number of benzene rings is 1. The Morgan fingerprint density at radius 1 is 1.28 bits per heavy atom. The van der Waals surface area contributed by atoms with Gasteiger partial charge < -0.3 is 19.3 Å². The lowest BCUT2D eigenvalue weighted by atomic mass is 10.2. The Kier molecular flexibility index (Phi) is 6.00. The van der Waals surface area contributed by atoms with E-state index < -0.39 is 5.97 Å². The SMILES string of the molecule is CCCOc1ccc(C(=O)O)c(OCOCC)c1. The van der Waals surface area contributed by atoms with E-state index in [-0.39, 0.29) is 18.1 Å². The van der Waals surface area contributed by atoms with Crippen LogP contribution in [0.2, 0.25) is 0 Å². The maximum absolute atomic E-state index is 11.0. The van der Waals surface area contributed by atoms with E-state index in [1.807, 2.05) is 13.8 Å². The molecule has 0 heterocycles. The van der Waals surface area contributed by atoms with Crippen LogP contribution in [0.3, 0.4) is 0 Å². The van der Waals surface area contributed by atoms with Crippen molar-refractivity contribution in [3.63, 3.8) is 0 Å². The summed E-state index contributed by atoms with van der Waals surface area (Å²) in [5.41, 5.74) is 0.0959. The first kappa shape index (κ1) is 14.3. The van der Waals surface area contributed by atoms with Gasteiger partial charge in [-0.25, -0.2) is 4.79 Å². The minimum Gasteiger partial charge on any atom is -0.493 e. The summed E-state index contributed by atoms with van der Waals surface area (Å²) in [5, 5.41) is 9.03. The Balaban J connectivity index is 2.82. The van der Waals surface area contributed by atoms with E-state index >= 15 is 0 Å². The number of carboxylic acid groups (broad SMARTS) is 1. The summed E-state index contributed by atoms with van der Waals surface area (Å²) in [4.78, 5) is 11.0. The van der Waals surface area contributed by atoms with Gasteiger partial charge >= 0.3 is 5.97 Å². The molecule has 1 aromatic carbocycles. The quantitative estimate of drug-likeness (QED) is 0.570. The van der Waals surface area contributed by atoms with Crippen molar-refractivity contribution in [2.24, 2.45) is 0 Å². The lowest BCUT2D eigenvalue weighted by Crippen LogP contribution is -2.07. The van der Waals surface area contributed by atoms with Crippen molar-refractivity contribution in [1.82, 2.24) is 0 Å². The highest BCUT2D eigenvalue weighted by Gasteiger charge is 2.12. The molecule has 1 N–H and O–H groups in total. The molecule has 0 spiro atoms.